The number of hydrogen-bond donors (Lipinski definition) is 1. The van der Waals surface area contributed by atoms with E-state index < -0.39 is 12.1 Å². The molecular weight excluding hydrogens is 301 g/mol. The largest absolute Gasteiger partial charge is 0.398 e. The number of aromatic nitrogens is 3. The fraction of sp³-hybridized carbons (Fsp3) is 0.538. The van der Waals surface area contributed by atoms with E-state index in [1.54, 1.807) is 15.9 Å². The van der Waals surface area contributed by atoms with Gasteiger partial charge in [0.05, 0.1) is 6.54 Å². The summed E-state index contributed by atoms with van der Waals surface area (Å²) >= 11 is 1.64. The average molecular weight is 316 g/mol. The molecule has 2 aromatic heterocycles. The van der Waals surface area contributed by atoms with Crippen molar-refractivity contribution >= 4 is 11.3 Å². The molecular formula is C13H15F3N4S. The first kappa shape index (κ1) is 14.5. The standard InChI is InChI=1S/C13H15F3N4S/c14-13(15,16)10-4-1-5-20-11(18-19-12(10)20)8-17-7-9-3-2-6-21-9/h2-3,6,10,17H,1,4-5,7-8H2. The molecule has 0 amide bonds. The maximum atomic E-state index is 13.0. The van der Waals surface area contributed by atoms with E-state index in [9.17, 15) is 13.2 Å². The monoisotopic (exact) mass is 316 g/mol. The topological polar surface area (TPSA) is 42.7 Å². The van der Waals surface area contributed by atoms with Crippen LogP contribution in [0.3, 0.4) is 0 Å². The molecule has 0 spiro atoms. The number of fused-ring (bicyclic) bond motifs is 1. The fourth-order valence-corrected chi connectivity index (χ4v) is 3.26. The minimum absolute atomic E-state index is 0.0571. The van der Waals surface area contributed by atoms with Crippen molar-refractivity contribution in [1.29, 1.82) is 0 Å². The van der Waals surface area contributed by atoms with Gasteiger partial charge in [0.1, 0.15) is 17.6 Å². The Balaban J connectivity index is 1.69. The molecule has 3 heterocycles. The number of thiophene rings is 1. The average Bonchev–Trinajstić information content (AvgIpc) is 3.07. The molecule has 1 unspecified atom stereocenters. The first-order valence-corrected chi connectivity index (χ1v) is 7.65. The van der Waals surface area contributed by atoms with Crippen molar-refractivity contribution in [3.63, 3.8) is 0 Å². The smallest absolute Gasteiger partial charge is 0.313 e. The molecule has 0 bridgehead atoms. The molecule has 0 saturated heterocycles. The summed E-state index contributed by atoms with van der Waals surface area (Å²) in [7, 11) is 0. The summed E-state index contributed by atoms with van der Waals surface area (Å²) in [6.07, 6.45) is -3.63. The number of nitrogens with zero attached hydrogens (tertiary/aromatic N) is 3. The van der Waals surface area contributed by atoms with Gasteiger partial charge in [-0.2, -0.15) is 13.2 Å². The molecule has 21 heavy (non-hydrogen) atoms. The third kappa shape index (κ3) is 3.11. The van der Waals surface area contributed by atoms with Crippen LogP contribution in [0, 0.1) is 0 Å². The van der Waals surface area contributed by atoms with E-state index >= 15 is 0 Å². The summed E-state index contributed by atoms with van der Waals surface area (Å²) in [5.41, 5.74) is 0. The van der Waals surface area contributed by atoms with Gasteiger partial charge in [-0.1, -0.05) is 6.07 Å². The van der Waals surface area contributed by atoms with Gasteiger partial charge in [-0.3, -0.25) is 0 Å². The third-order valence-electron chi connectivity index (χ3n) is 3.60. The van der Waals surface area contributed by atoms with Crippen LogP contribution >= 0.6 is 11.3 Å². The molecule has 0 aliphatic carbocycles. The lowest BCUT2D eigenvalue weighted by Crippen LogP contribution is -2.29. The van der Waals surface area contributed by atoms with E-state index in [4.69, 9.17) is 0 Å². The Kier molecular flexibility index (Phi) is 3.99. The van der Waals surface area contributed by atoms with Gasteiger partial charge in [-0.15, -0.1) is 21.5 Å². The van der Waals surface area contributed by atoms with Crippen molar-refractivity contribution in [3.8, 4) is 0 Å². The highest BCUT2D eigenvalue weighted by molar-refractivity contribution is 7.09. The lowest BCUT2D eigenvalue weighted by atomic mass is 9.98. The molecule has 1 aliphatic rings. The van der Waals surface area contributed by atoms with Crippen LogP contribution in [0.25, 0.3) is 0 Å². The SMILES string of the molecule is FC(F)(F)C1CCCn2c(CNCc3cccs3)nnc21. The molecule has 1 aliphatic heterocycles. The van der Waals surface area contributed by atoms with Crippen LogP contribution in [-0.2, 0) is 19.6 Å². The zero-order valence-electron chi connectivity index (χ0n) is 11.2. The lowest BCUT2D eigenvalue weighted by Gasteiger charge is -2.25. The van der Waals surface area contributed by atoms with Crippen molar-refractivity contribution in [1.82, 2.24) is 20.1 Å². The number of hydrogen-bond acceptors (Lipinski definition) is 4. The first-order valence-electron chi connectivity index (χ1n) is 6.77. The van der Waals surface area contributed by atoms with Gasteiger partial charge in [0, 0.05) is 18.0 Å². The van der Waals surface area contributed by atoms with Gasteiger partial charge in [-0.05, 0) is 24.3 Å². The van der Waals surface area contributed by atoms with E-state index in [1.807, 2.05) is 17.5 Å². The molecule has 0 fully saturated rings. The Labute approximate surface area is 124 Å². The van der Waals surface area contributed by atoms with Crippen molar-refractivity contribution in [2.75, 3.05) is 0 Å². The van der Waals surface area contributed by atoms with Crippen molar-refractivity contribution in [2.24, 2.45) is 0 Å². The molecule has 8 heteroatoms. The zero-order chi connectivity index (χ0) is 14.9. The lowest BCUT2D eigenvalue weighted by molar-refractivity contribution is -0.156. The second kappa shape index (κ2) is 5.76. The summed E-state index contributed by atoms with van der Waals surface area (Å²) in [4.78, 5) is 1.18. The summed E-state index contributed by atoms with van der Waals surface area (Å²) in [5.74, 6) is -0.845. The van der Waals surface area contributed by atoms with Crippen molar-refractivity contribution in [2.45, 2.75) is 44.6 Å². The van der Waals surface area contributed by atoms with Crippen LogP contribution in [0.1, 0.15) is 35.3 Å². The number of rotatable bonds is 4. The Morgan fingerprint density at radius 3 is 2.90 bits per heavy atom. The van der Waals surface area contributed by atoms with Gasteiger partial charge < -0.3 is 9.88 Å². The van der Waals surface area contributed by atoms with Crippen LogP contribution in [0.5, 0.6) is 0 Å². The van der Waals surface area contributed by atoms with Crippen LogP contribution in [-0.4, -0.2) is 20.9 Å². The summed E-state index contributed by atoms with van der Waals surface area (Å²) in [5, 5.41) is 12.9. The van der Waals surface area contributed by atoms with Gasteiger partial charge in [0.15, 0.2) is 0 Å². The molecule has 0 saturated carbocycles. The second-order valence-corrected chi connectivity index (χ2v) is 6.08. The molecule has 3 rings (SSSR count). The van der Waals surface area contributed by atoms with E-state index in [0.717, 1.165) is 0 Å². The molecule has 4 nitrogen and oxygen atoms in total. The molecule has 114 valence electrons. The number of halogens is 3. The van der Waals surface area contributed by atoms with Crippen LogP contribution in [0.15, 0.2) is 17.5 Å². The van der Waals surface area contributed by atoms with E-state index in [-0.39, 0.29) is 12.2 Å². The quantitative estimate of drug-likeness (QED) is 0.942. The van der Waals surface area contributed by atoms with Crippen LogP contribution in [0.2, 0.25) is 0 Å². The number of alkyl halides is 3. The second-order valence-electron chi connectivity index (χ2n) is 5.05. The predicted octanol–water partition coefficient (Wildman–Crippen LogP) is 3.07. The highest BCUT2D eigenvalue weighted by atomic mass is 32.1. The Morgan fingerprint density at radius 1 is 1.33 bits per heavy atom. The van der Waals surface area contributed by atoms with Crippen molar-refractivity contribution in [3.05, 3.63) is 34.0 Å². The predicted molar refractivity (Wildman–Crippen MR) is 72.9 cm³/mol. The highest BCUT2D eigenvalue weighted by Crippen LogP contribution is 2.40. The highest BCUT2D eigenvalue weighted by Gasteiger charge is 2.45. The Hall–Kier alpha value is -1.41. The normalized spacial score (nSPS) is 18.7. The van der Waals surface area contributed by atoms with Crippen LogP contribution in [0.4, 0.5) is 13.2 Å². The van der Waals surface area contributed by atoms with Gasteiger partial charge >= 0.3 is 6.18 Å². The maximum Gasteiger partial charge on any atom is 0.398 e. The zero-order valence-corrected chi connectivity index (χ0v) is 12.0. The number of nitrogens with one attached hydrogen (secondary N) is 1. The summed E-state index contributed by atoms with van der Waals surface area (Å²) < 4.78 is 40.5. The van der Waals surface area contributed by atoms with Gasteiger partial charge in [0.25, 0.3) is 0 Å². The first-order chi connectivity index (χ1) is 10.1. The Bertz CT molecular complexity index is 591. The van der Waals surface area contributed by atoms with Gasteiger partial charge in [-0.25, -0.2) is 0 Å². The van der Waals surface area contributed by atoms with Crippen LogP contribution < -0.4 is 5.32 Å². The van der Waals surface area contributed by atoms with E-state index in [0.29, 0.717) is 31.9 Å². The van der Waals surface area contributed by atoms with Crippen molar-refractivity contribution < 1.29 is 13.2 Å². The minimum atomic E-state index is -4.24. The van der Waals surface area contributed by atoms with E-state index in [2.05, 4.69) is 15.5 Å². The molecule has 1 N–H and O–H groups in total. The minimum Gasteiger partial charge on any atom is -0.313 e. The summed E-state index contributed by atoms with van der Waals surface area (Å²) in [6, 6.07) is 3.98. The van der Waals surface area contributed by atoms with E-state index in [1.165, 1.54) is 4.88 Å². The fourth-order valence-electron chi connectivity index (χ4n) is 2.58. The molecule has 2 aromatic rings. The third-order valence-corrected chi connectivity index (χ3v) is 4.48. The maximum absolute atomic E-state index is 13.0. The van der Waals surface area contributed by atoms with Gasteiger partial charge in [0.2, 0.25) is 0 Å². The summed E-state index contributed by atoms with van der Waals surface area (Å²) in [6.45, 7) is 1.67. The molecule has 0 radical (unpaired) electrons. The molecule has 1 atom stereocenters. The molecule has 0 aromatic carbocycles. The Morgan fingerprint density at radius 2 is 2.19 bits per heavy atom.